The lowest BCUT2D eigenvalue weighted by atomic mass is 10.1. The fraction of sp³-hybridized carbons (Fsp3) is 0.367. The van der Waals surface area contributed by atoms with Gasteiger partial charge >= 0.3 is 19.4 Å². The molecule has 0 spiro atoms. The van der Waals surface area contributed by atoms with E-state index >= 15 is 4.39 Å². The lowest BCUT2D eigenvalue weighted by Gasteiger charge is -2.35. The number of rotatable bonds is 10. The van der Waals surface area contributed by atoms with E-state index in [1.165, 1.54) is 25.4 Å². The lowest BCUT2D eigenvalue weighted by Crippen LogP contribution is -2.49. The number of carbonyl (C=O) groups excluding carboxylic acids is 1. The van der Waals surface area contributed by atoms with Crippen LogP contribution in [0.2, 0.25) is 0 Å². The van der Waals surface area contributed by atoms with Crippen molar-refractivity contribution in [1.82, 2.24) is 9.88 Å². The SMILES string of the molecule is COc1c(N2CCNC(C)C2)c(F)cc2c(=O)c(C(=O)OCc3oc(=O)oc3-c3ccc(P(=O)(O)CP(=O)(O)O)cc3)cn(C3CC3)c12. The number of hydrogen-bond donors (Lipinski definition) is 4. The molecule has 4 aromatic rings. The molecule has 1 saturated heterocycles. The summed E-state index contributed by atoms with van der Waals surface area (Å²) in [5, 5.41) is 3.00. The van der Waals surface area contributed by atoms with Crippen molar-refractivity contribution in [3.8, 4) is 17.1 Å². The van der Waals surface area contributed by atoms with Crippen LogP contribution in [0.3, 0.4) is 0 Å². The van der Waals surface area contributed by atoms with Gasteiger partial charge in [-0.3, -0.25) is 13.9 Å². The molecule has 256 valence electrons. The second-order valence-corrected chi connectivity index (χ2v) is 16.2. The molecule has 1 aliphatic carbocycles. The van der Waals surface area contributed by atoms with E-state index in [2.05, 4.69) is 5.32 Å². The minimum Gasteiger partial charge on any atom is -0.492 e. The zero-order chi connectivity index (χ0) is 34.5. The van der Waals surface area contributed by atoms with Crippen LogP contribution >= 0.6 is 15.0 Å². The summed E-state index contributed by atoms with van der Waals surface area (Å²) in [5.74, 6) is -4.37. The Morgan fingerprint density at radius 3 is 2.46 bits per heavy atom. The predicted molar refractivity (Wildman–Crippen MR) is 171 cm³/mol. The fourth-order valence-corrected chi connectivity index (χ4v) is 9.13. The first-order valence-corrected chi connectivity index (χ1v) is 18.5. The highest BCUT2D eigenvalue weighted by Gasteiger charge is 2.34. The van der Waals surface area contributed by atoms with Gasteiger partial charge in [-0.15, -0.1) is 0 Å². The second kappa shape index (κ2) is 12.8. The number of hydrogen-bond acceptors (Lipinski definition) is 11. The topological polar surface area (TPSA) is 211 Å². The van der Waals surface area contributed by atoms with Gasteiger partial charge in [-0.2, -0.15) is 0 Å². The van der Waals surface area contributed by atoms with Crippen molar-refractivity contribution in [3.05, 3.63) is 74.5 Å². The van der Waals surface area contributed by atoms with Gasteiger partial charge in [-0.05, 0) is 38.0 Å². The molecule has 3 heterocycles. The Balaban J connectivity index is 1.30. The minimum absolute atomic E-state index is 0.0619. The average molecular weight is 708 g/mol. The molecule has 2 aromatic carbocycles. The van der Waals surface area contributed by atoms with Crippen molar-refractivity contribution in [2.24, 2.45) is 0 Å². The third kappa shape index (κ3) is 6.77. The highest BCUT2D eigenvalue weighted by atomic mass is 31.2. The molecule has 2 atom stereocenters. The van der Waals surface area contributed by atoms with Crippen LogP contribution in [0.25, 0.3) is 22.2 Å². The van der Waals surface area contributed by atoms with Crippen LogP contribution < -0.4 is 31.5 Å². The molecule has 4 N–H and O–H groups in total. The number of esters is 1. The Bertz CT molecular complexity index is 2120. The average Bonchev–Trinajstić information content (AvgIpc) is 3.79. The Morgan fingerprint density at radius 2 is 1.83 bits per heavy atom. The number of nitrogens with one attached hydrogen (secondary N) is 1. The quantitative estimate of drug-likeness (QED) is 0.138. The van der Waals surface area contributed by atoms with Crippen LogP contribution in [0.5, 0.6) is 5.75 Å². The first-order chi connectivity index (χ1) is 22.7. The van der Waals surface area contributed by atoms with Crippen LogP contribution in [-0.4, -0.2) is 63.9 Å². The molecule has 1 saturated carbocycles. The summed E-state index contributed by atoms with van der Waals surface area (Å²) in [4.78, 5) is 69.3. The van der Waals surface area contributed by atoms with Crippen molar-refractivity contribution < 1.29 is 51.3 Å². The maximum Gasteiger partial charge on any atom is 0.519 e. The summed E-state index contributed by atoms with van der Waals surface area (Å²) in [5.41, 5.74) is -0.395. The van der Waals surface area contributed by atoms with Crippen molar-refractivity contribution in [3.63, 3.8) is 0 Å². The molecule has 0 amide bonds. The highest BCUT2D eigenvalue weighted by Crippen LogP contribution is 2.54. The van der Waals surface area contributed by atoms with E-state index in [1.54, 1.807) is 4.57 Å². The largest absolute Gasteiger partial charge is 0.519 e. The number of carbonyl (C=O) groups is 1. The molecule has 0 radical (unpaired) electrons. The molecular weight excluding hydrogens is 675 g/mol. The molecule has 0 bridgehead atoms. The van der Waals surface area contributed by atoms with Gasteiger partial charge in [0.25, 0.3) is 0 Å². The number of aromatic nitrogens is 1. The molecule has 2 fully saturated rings. The summed E-state index contributed by atoms with van der Waals surface area (Å²) < 4.78 is 62.4. The molecule has 6 rings (SSSR count). The number of nitrogens with zero attached hydrogens (tertiary/aromatic N) is 2. The first kappa shape index (κ1) is 33.8. The van der Waals surface area contributed by atoms with E-state index in [1.807, 2.05) is 11.8 Å². The van der Waals surface area contributed by atoms with E-state index in [0.717, 1.165) is 31.0 Å². The summed E-state index contributed by atoms with van der Waals surface area (Å²) in [6.45, 7) is 3.01. The van der Waals surface area contributed by atoms with E-state index in [9.17, 15) is 28.4 Å². The summed E-state index contributed by atoms with van der Waals surface area (Å²) in [7, 11) is -7.81. The molecule has 15 nitrogen and oxygen atoms in total. The standard InChI is InChI=1S/C30H32FN3O12P2/c1-16-12-33(10-9-32-16)25-22(31)11-20-24(28(25)43-2)34(18-5-6-18)13-21(26(20)35)29(36)44-14-23-27(46-30(37)45-23)17-3-7-19(8-4-17)47(38,39)15-48(40,41)42/h3-4,7-8,11,13,16,18,32H,5-6,9-10,12,14-15H2,1-2H3,(H,38,39)(H2,40,41,42). The van der Waals surface area contributed by atoms with E-state index in [0.29, 0.717) is 25.2 Å². The zero-order valence-corrected chi connectivity index (χ0v) is 27.5. The van der Waals surface area contributed by atoms with Gasteiger partial charge in [-0.1, -0.05) is 12.1 Å². The maximum atomic E-state index is 15.8. The van der Waals surface area contributed by atoms with Gasteiger partial charge in [0, 0.05) is 48.8 Å². The third-order valence-corrected chi connectivity index (χ3v) is 12.2. The Kier molecular flexibility index (Phi) is 9.00. The van der Waals surface area contributed by atoms with Crippen LogP contribution in [0.4, 0.5) is 10.1 Å². The number of pyridine rings is 1. The van der Waals surface area contributed by atoms with Crippen molar-refractivity contribution in [1.29, 1.82) is 0 Å². The molecular formula is C30H32FN3O12P2. The first-order valence-electron chi connectivity index (χ1n) is 14.9. The molecule has 48 heavy (non-hydrogen) atoms. The summed E-state index contributed by atoms with van der Waals surface area (Å²) in [6, 6.07) is 5.92. The van der Waals surface area contributed by atoms with Crippen molar-refractivity contribution in [2.45, 2.75) is 38.5 Å². The van der Waals surface area contributed by atoms with Gasteiger partial charge < -0.3 is 47.8 Å². The number of anilines is 1. The van der Waals surface area contributed by atoms with Crippen LogP contribution in [0.1, 0.15) is 41.9 Å². The zero-order valence-electron chi connectivity index (χ0n) is 25.8. The van der Waals surface area contributed by atoms with E-state index in [-0.39, 0.29) is 56.9 Å². The number of benzene rings is 2. The molecule has 1 aliphatic heterocycles. The van der Waals surface area contributed by atoms with Gasteiger partial charge in [-0.25, -0.2) is 14.0 Å². The predicted octanol–water partition coefficient (Wildman–Crippen LogP) is 2.88. The van der Waals surface area contributed by atoms with Gasteiger partial charge in [0.2, 0.25) is 12.8 Å². The highest BCUT2D eigenvalue weighted by molar-refractivity contribution is 7.77. The second-order valence-electron chi connectivity index (χ2n) is 11.8. The van der Waals surface area contributed by atoms with Crippen LogP contribution in [0.15, 0.2) is 55.0 Å². The van der Waals surface area contributed by atoms with Gasteiger partial charge in [0.05, 0.1) is 18.0 Å². The Labute approximate surface area is 271 Å². The monoisotopic (exact) mass is 707 g/mol. The molecule has 2 aromatic heterocycles. The van der Waals surface area contributed by atoms with Crippen molar-refractivity contribution in [2.75, 3.05) is 37.5 Å². The number of piperazine rings is 1. The maximum absolute atomic E-state index is 15.8. The molecule has 2 unspecified atom stereocenters. The summed E-state index contributed by atoms with van der Waals surface area (Å²) in [6.07, 6.45) is 2.89. The lowest BCUT2D eigenvalue weighted by molar-refractivity contribution is 0.0442. The smallest absolute Gasteiger partial charge is 0.492 e. The minimum atomic E-state index is -4.80. The third-order valence-electron chi connectivity index (χ3n) is 8.14. The fourth-order valence-electron chi connectivity index (χ4n) is 5.86. The normalized spacial score (nSPS) is 18.1. The van der Waals surface area contributed by atoms with E-state index in [4.69, 9.17) is 28.1 Å². The van der Waals surface area contributed by atoms with Crippen molar-refractivity contribution >= 4 is 42.8 Å². The summed E-state index contributed by atoms with van der Waals surface area (Å²) >= 11 is 0. The number of methoxy groups -OCH3 is 1. The number of fused-ring (bicyclic) bond motifs is 1. The van der Waals surface area contributed by atoms with Crippen LogP contribution in [-0.2, 0) is 20.5 Å². The number of ether oxygens (including phenoxy) is 2. The Hall–Kier alpha value is -4.04. The van der Waals surface area contributed by atoms with Gasteiger partial charge in [0.15, 0.2) is 29.7 Å². The van der Waals surface area contributed by atoms with Crippen LogP contribution in [0, 0.1) is 5.82 Å². The molecule has 18 heteroatoms. The number of halogens is 1. The Morgan fingerprint density at radius 1 is 1.12 bits per heavy atom. The van der Waals surface area contributed by atoms with Gasteiger partial charge in [0.1, 0.15) is 17.2 Å². The molecule has 2 aliphatic rings. The van der Waals surface area contributed by atoms with E-state index < -0.39 is 50.5 Å².